The highest BCUT2D eigenvalue weighted by molar-refractivity contribution is 6.48. The van der Waals surface area contributed by atoms with Crippen LogP contribution in [0.15, 0.2) is 35.5 Å². The van der Waals surface area contributed by atoms with Crippen molar-refractivity contribution >= 4 is 52.3 Å². The molecule has 2 aromatic carbocycles. The molecule has 198 valence electrons. The highest BCUT2D eigenvalue weighted by atomic mass is 35.5. The minimum atomic E-state index is -4.90. The number of hydrogen-bond acceptors (Lipinski definition) is 4. The van der Waals surface area contributed by atoms with E-state index in [-0.39, 0.29) is 37.5 Å². The molecule has 6 nitrogen and oxygen atoms in total. The van der Waals surface area contributed by atoms with Crippen LogP contribution in [0.4, 0.5) is 22.0 Å². The lowest BCUT2D eigenvalue weighted by molar-refractivity contribution is -0.275. The van der Waals surface area contributed by atoms with E-state index >= 15 is 0 Å². The van der Waals surface area contributed by atoms with Crippen LogP contribution in [0, 0.1) is 6.92 Å². The Balaban J connectivity index is 1.49. The molecular weight excluding hydrogens is 568 g/mol. The quantitative estimate of drug-likeness (QED) is 0.333. The molecule has 0 radical (unpaired) electrons. The van der Waals surface area contributed by atoms with Gasteiger partial charge in [0.1, 0.15) is 0 Å². The number of amides is 2. The number of carbonyl (C=O) groups is 2. The Morgan fingerprint density at radius 3 is 2.30 bits per heavy atom. The Morgan fingerprint density at radius 1 is 1.14 bits per heavy atom. The molecule has 1 aliphatic heterocycles. The molecule has 4 rings (SSSR count). The second-order valence-electron chi connectivity index (χ2n) is 8.68. The van der Waals surface area contributed by atoms with Crippen LogP contribution >= 0.6 is 34.8 Å². The lowest BCUT2D eigenvalue weighted by Crippen LogP contribution is -2.42. The third-order valence-corrected chi connectivity index (χ3v) is 7.21. The molecule has 14 heteroatoms. The van der Waals surface area contributed by atoms with Crippen molar-refractivity contribution in [2.75, 3.05) is 6.54 Å². The summed E-state index contributed by atoms with van der Waals surface area (Å²) in [6, 6.07) is 4.95. The van der Waals surface area contributed by atoms with Crippen LogP contribution in [0.1, 0.15) is 39.9 Å². The molecule has 1 aliphatic carbocycles. The van der Waals surface area contributed by atoms with E-state index in [1.54, 1.807) is 0 Å². The SMILES string of the molecule is Cc1cc(C2=NOC(c3cc(Cl)c(Cl)c(Cl)c3)(C(F)(F)F)C2)ccc1C(=O)NCC(=O)NC1CC1(F)F. The molecule has 0 saturated heterocycles. The van der Waals surface area contributed by atoms with Crippen LogP contribution < -0.4 is 10.6 Å². The van der Waals surface area contributed by atoms with Gasteiger partial charge in [-0.25, -0.2) is 8.78 Å². The number of nitrogens with zero attached hydrogens (tertiary/aromatic N) is 1. The third kappa shape index (κ3) is 5.35. The topological polar surface area (TPSA) is 79.8 Å². The standard InChI is InChI=1S/C23H17Cl3F5N3O3/c1-10-4-11(2-3-13(10)20(36)32-9-18(35)33-17-8-22(17,27)28)16-7-21(37-34-16,23(29,30)31)12-5-14(24)19(26)15(25)6-12/h2-6,17H,7-9H2,1H3,(H,32,36)(H,33,35). The van der Waals surface area contributed by atoms with E-state index < -0.39 is 54.9 Å². The summed E-state index contributed by atoms with van der Waals surface area (Å²) >= 11 is 17.8. The number of benzene rings is 2. The van der Waals surface area contributed by atoms with Gasteiger partial charge in [0.15, 0.2) is 0 Å². The van der Waals surface area contributed by atoms with Crippen LogP contribution in [-0.2, 0) is 15.2 Å². The van der Waals surface area contributed by atoms with Gasteiger partial charge in [0.25, 0.3) is 17.4 Å². The van der Waals surface area contributed by atoms with Crippen molar-refractivity contribution in [1.82, 2.24) is 10.6 Å². The van der Waals surface area contributed by atoms with Crippen molar-refractivity contribution in [3.05, 3.63) is 67.7 Å². The zero-order valence-electron chi connectivity index (χ0n) is 18.8. The predicted molar refractivity (Wildman–Crippen MR) is 126 cm³/mol. The second kappa shape index (κ2) is 9.59. The summed E-state index contributed by atoms with van der Waals surface area (Å²) in [6.45, 7) is 1.02. The smallest absolute Gasteiger partial charge is 0.374 e. The number of rotatable bonds is 6. The van der Waals surface area contributed by atoms with E-state index in [4.69, 9.17) is 39.6 Å². The normalized spacial score (nSPS) is 22.2. The van der Waals surface area contributed by atoms with Gasteiger partial charge in [-0.3, -0.25) is 9.59 Å². The first kappa shape index (κ1) is 27.4. The zero-order valence-corrected chi connectivity index (χ0v) is 21.0. The molecule has 1 heterocycles. The van der Waals surface area contributed by atoms with Gasteiger partial charge in [0, 0.05) is 24.0 Å². The number of oxime groups is 1. The molecule has 2 N–H and O–H groups in total. The van der Waals surface area contributed by atoms with Gasteiger partial charge in [0.05, 0.1) is 33.4 Å². The van der Waals surface area contributed by atoms with Crippen molar-refractivity contribution in [2.24, 2.45) is 5.16 Å². The fourth-order valence-electron chi connectivity index (χ4n) is 3.82. The molecule has 2 aliphatic rings. The Hall–Kier alpha value is -2.63. The summed E-state index contributed by atoms with van der Waals surface area (Å²) in [5.41, 5.74) is -2.52. The van der Waals surface area contributed by atoms with E-state index in [9.17, 15) is 31.5 Å². The Labute approximate surface area is 222 Å². The van der Waals surface area contributed by atoms with Crippen molar-refractivity contribution in [2.45, 2.75) is 43.5 Å². The Kier molecular flexibility index (Phi) is 7.11. The molecule has 37 heavy (non-hydrogen) atoms. The van der Waals surface area contributed by atoms with Gasteiger partial charge < -0.3 is 15.5 Å². The van der Waals surface area contributed by atoms with Gasteiger partial charge in [0.2, 0.25) is 5.91 Å². The summed E-state index contributed by atoms with van der Waals surface area (Å²) < 4.78 is 68.5. The van der Waals surface area contributed by atoms with Crippen molar-refractivity contribution in [1.29, 1.82) is 0 Å². The van der Waals surface area contributed by atoms with Gasteiger partial charge in [-0.2, -0.15) is 13.2 Å². The fraction of sp³-hybridized carbons (Fsp3) is 0.348. The van der Waals surface area contributed by atoms with Crippen LogP contribution in [0.5, 0.6) is 0 Å². The van der Waals surface area contributed by atoms with Crippen LogP contribution in [0.2, 0.25) is 15.1 Å². The van der Waals surface area contributed by atoms with Gasteiger partial charge in [-0.15, -0.1) is 0 Å². The number of hydrogen-bond donors (Lipinski definition) is 2. The second-order valence-corrected chi connectivity index (χ2v) is 9.87. The maximum absolute atomic E-state index is 14.2. The average molecular weight is 585 g/mol. The monoisotopic (exact) mass is 583 g/mol. The Bertz CT molecular complexity index is 1300. The van der Waals surface area contributed by atoms with Crippen molar-refractivity contribution in [3.8, 4) is 0 Å². The Morgan fingerprint density at radius 2 is 1.76 bits per heavy atom. The van der Waals surface area contributed by atoms with Crippen LogP contribution in [0.25, 0.3) is 0 Å². The molecule has 0 spiro atoms. The van der Waals surface area contributed by atoms with E-state index in [1.807, 2.05) is 0 Å². The average Bonchev–Trinajstić information content (AvgIpc) is 3.19. The zero-order chi connectivity index (χ0) is 27.3. The summed E-state index contributed by atoms with van der Waals surface area (Å²) in [5, 5.41) is 7.63. The van der Waals surface area contributed by atoms with Crippen molar-refractivity contribution < 1.29 is 36.4 Å². The van der Waals surface area contributed by atoms with E-state index in [0.717, 1.165) is 12.1 Å². The first-order valence-corrected chi connectivity index (χ1v) is 11.8. The number of nitrogens with one attached hydrogen (secondary N) is 2. The highest BCUT2D eigenvalue weighted by Crippen LogP contribution is 2.50. The first-order valence-electron chi connectivity index (χ1n) is 10.7. The maximum Gasteiger partial charge on any atom is 0.435 e. The van der Waals surface area contributed by atoms with Crippen molar-refractivity contribution in [3.63, 3.8) is 0 Å². The molecule has 2 atom stereocenters. The summed E-state index contributed by atoms with van der Waals surface area (Å²) in [5.74, 6) is -4.37. The van der Waals surface area contributed by atoms with Crippen LogP contribution in [-0.4, -0.2) is 42.2 Å². The number of alkyl halides is 5. The lowest BCUT2D eigenvalue weighted by Gasteiger charge is -2.30. The van der Waals surface area contributed by atoms with E-state index in [1.165, 1.54) is 25.1 Å². The molecule has 1 fully saturated rings. The van der Waals surface area contributed by atoms with E-state index in [0.29, 0.717) is 5.56 Å². The molecule has 2 amide bonds. The van der Waals surface area contributed by atoms with Gasteiger partial charge >= 0.3 is 6.18 Å². The summed E-state index contributed by atoms with van der Waals surface area (Å²) in [6.07, 6.45) is -6.06. The molecule has 2 aromatic rings. The minimum absolute atomic E-state index is 0.0423. The van der Waals surface area contributed by atoms with Gasteiger partial charge in [-0.1, -0.05) is 46.0 Å². The fourth-order valence-corrected chi connectivity index (χ4v) is 4.41. The maximum atomic E-state index is 14.2. The first-order chi connectivity index (χ1) is 17.1. The number of carbonyl (C=O) groups excluding carboxylic acids is 2. The number of halogens is 8. The third-order valence-electron chi connectivity index (χ3n) is 6.01. The molecule has 2 unspecified atom stereocenters. The minimum Gasteiger partial charge on any atom is -0.374 e. The molecular formula is C23H17Cl3F5N3O3. The largest absolute Gasteiger partial charge is 0.435 e. The number of aryl methyl sites for hydroxylation is 1. The molecule has 0 aromatic heterocycles. The summed E-state index contributed by atoms with van der Waals surface area (Å²) in [7, 11) is 0. The molecule has 0 bridgehead atoms. The summed E-state index contributed by atoms with van der Waals surface area (Å²) in [4.78, 5) is 29.2. The molecule has 1 saturated carbocycles. The van der Waals surface area contributed by atoms with Gasteiger partial charge in [-0.05, 0) is 42.3 Å². The highest BCUT2D eigenvalue weighted by Gasteiger charge is 2.62. The lowest BCUT2D eigenvalue weighted by atomic mass is 9.86. The van der Waals surface area contributed by atoms with E-state index in [2.05, 4.69) is 15.8 Å². The van der Waals surface area contributed by atoms with Crippen LogP contribution in [0.3, 0.4) is 0 Å². The predicted octanol–water partition coefficient (Wildman–Crippen LogP) is 5.79.